The van der Waals surface area contributed by atoms with Crippen LogP contribution in [0.4, 0.5) is 10.1 Å². The van der Waals surface area contributed by atoms with E-state index in [9.17, 15) is 17.6 Å². The molecular formula is C17H13ClFN3O3S. The molecule has 0 unspecified atom stereocenters. The van der Waals surface area contributed by atoms with E-state index in [4.69, 9.17) is 11.6 Å². The monoisotopic (exact) mass is 393 g/mol. The highest BCUT2D eigenvalue weighted by Gasteiger charge is 2.17. The third-order valence-corrected chi connectivity index (χ3v) is 5.39. The summed E-state index contributed by atoms with van der Waals surface area (Å²) < 4.78 is 39.0. The van der Waals surface area contributed by atoms with E-state index >= 15 is 0 Å². The lowest BCUT2D eigenvalue weighted by atomic mass is 10.2. The number of pyridine rings is 1. The Bertz CT molecular complexity index is 1050. The van der Waals surface area contributed by atoms with Crippen LogP contribution < -0.4 is 5.32 Å². The highest BCUT2D eigenvalue weighted by Crippen LogP contribution is 2.21. The predicted molar refractivity (Wildman–Crippen MR) is 96.1 cm³/mol. The van der Waals surface area contributed by atoms with Gasteiger partial charge >= 0.3 is 0 Å². The Labute approximate surface area is 154 Å². The van der Waals surface area contributed by atoms with E-state index in [1.807, 2.05) is 0 Å². The number of halogens is 2. The molecule has 3 rings (SSSR count). The largest absolute Gasteiger partial charge is 0.319 e. The Morgan fingerprint density at radius 2 is 2.04 bits per heavy atom. The Kier molecular flexibility index (Phi) is 5.06. The van der Waals surface area contributed by atoms with E-state index in [2.05, 4.69) is 10.3 Å². The lowest BCUT2D eigenvalue weighted by Crippen LogP contribution is -2.15. The van der Waals surface area contributed by atoms with Crippen molar-refractivity contribution < 1.29 is 17.6 Å². The van der Waals surface area contributed by atoms with E-state index in [-0.39, 0.29) is 16.3 Å². The molecule has 0 radical (unpaired) electrons. The first kappa shape index (κ1) is 18.1. The number of carbonyl (C=O) groups excluding carboxylic acids is 1. The molecule has 0 fully saturated rings. The quantitative estimate of drug-likeness (QED) is 0.721. The molecule has 1 amide bonds. The average Bonchev–Trinajstić information content (AvgIpc) is 3.08. The molecule has 3 aromatic rings. The lowest BCUT2D eigenvalue weighted by Gasteiger charge is -2.07. The van der Waals surface area contributed by atoms with Gasteiger partial charge in [0.1, 0.15) is 11.5 Å². The van der Waals surface area contributed by atoms with Gasteiger partial charge in [0, 0.05) is 23.6 Å². The van der Waals surface area contributed by atoms with Crippen LogP contribution in [0.15, 0.2) is 61.1 Å². The number of nitrogens with one attached hydrogen (secondary N) is 1. The molecule has 0 saturated heterocycles. The molecule has 0 aliphatic rings. The van der Waals surface area contributed by atoms with E-state index < -0.39 is 27.5 Å². The second-order valence-corrected chi connectivity index (χ2v) is 7.67. The lowest BCUT2D eigenvalue weighted by molar-refractivity contribution is 0.102. The Morgan fingerprint density at radius 1 is 1.23 bits per heavy atom. The zero-order valence-electron chi connectivity index (χ0n) is 13.3. The van der Waals surface area contributed by atoms with Gasteiger partial charge in [0.25, 0.3) is 5.91 Å². The van der Waals surface area contributed by atoms with Crippen molar-refractivity contribution in [3.8, 4) is 0 Å². The number of rotatable bonds is 5. The fraction of sp³-hybridized carbons (Fsp3) is 0.0588. The Morgan fingerprint density at radius 3 is 2.73 bits per heavy atom. The number of amides is 1. The zero-order valence-corrected chi connectivity index (χ0v) is 14.8. The van der Waals surface area contributed by atoms with Crippen LogP contribution in [0.2, 0.25) is 5.02 Å². The minimum absolute atomic E-state index is 0.0319. The van der Waals surface area contributed by atoms with Gasteiger partial charge < -0.3 is 5.32 Å². The maximum Gasteiger partial charge on any atom is 0.274 e. The molecule has 0 spiro atoms. The van der Waals surface area contributed by atoms with E-state index in [0.717, 1.165) is 16.1 Å². The fourth-order valence-corrected chi connectivity index (χ4v) is 3.85. The summed E-state index contributed by atoms with van der Waals surface area (Å²) in [5.74, 6) is -1.41. The van der Waals surface area contributed by atoms with Crippen molar-refractivity contribution in [3.63, 3.8) is 0 Å². The molecule has 0 aliphatic heterocycles. The summed E-state index contributed by atoms with van der Waals surface area (Å²) in [6, 6.07) is 9.86. The minimum Gasteiger partial charge on any atom is -0.319 e. The first-order chi connectivity index (χ1) is 12.3. The molecule has 134 valence electrons. The normalized spacial score (nSPS) is 11.3. The van der Waals surface area contributed by atoms with Crippen molar-refractivity contribution in [1.29, 1.82) is 0 Å². The van der Waals surface area contributed by atoms with Gasteiger partial charge in [0.05, 0.1) is 11.4 Å². The van der Waals surface area contributed by atoms with Gasteiger partial charge in [-0.25, -0.2) is 12.8 Å². The number of anilines is 1. The summed E-state index contributed by atoms with van der Waals surface area (Å²) >= 11 is 5.89. The van der Waals surface area contributed by atoms with Crippen molar-refractivity contribution in [3.05, 3.63) is 83.2 Å². The number of nitrogens with zero attached hydrogens (tertiary/aromatic N) is 2. The van der Waals surface area contributed by atoms with Crippen molar-refractivity contribution in [2.75, 3.05) is 5.32 Å². The molecule has 0 bridgehead atoms. The molecule has 0 atom stereocenters. The topological polar surface area (TPSA) is 81.1 Å². The minimum atomic E-state index is -3.79. The third kappa shape index (κ3) is 4.09. The van der Waals surface area contributed by atoms with Gasteiger partial charge in [-0.2, -0.15) is 0 Å². The Hall–Kier alpha value is -2.71. The molecule has 2 heterocycles. The second kappa shape index (κ2) is 7.27. The molecule has 9 heteroatoms. The number of hydrogen-bond donors (Lipinski definition) is 1. The summed E-state index contributed by atoms with van der Waals surface area (Å²) in [5, 5.41) is 2.60. The SMILES string of the molecule is O=C(Nc1ccn(S(=O)(=O)Cc2ccc(F)cc2Cl)c1)c1ccccn1. The fourth-order valence-electron chi connectivity index (χ4n) is 2.23. The maximum atomic E-state index is 13.1. The van der Waals surface area contributed by atoms with Crippen LogP contribution in [0.25, 0.3) is 0 Å². The van der Waals surface area contributed by atoms with E-state index in [1.54, 1.807) is 18.2 Å². The van der Waals surface area contributed by atoms with Gasteiger partial charge in [0.15, 0.2) is 0 Å². The third-order valence-electron chi connectivity index (χ3n) is 3.50. The summed E-state index contributed by atoms with van der Waals surface area (Å²) in [4.78, 5) is 16.0. The molecular weight excluding hydrogens is 381 g/mol. The van der Waals surface area contributed by atoms with Gasteiger partial charge in [0.2, 0.25) is 10.0 Å². The predicted octanol–water partition coefficient (Wildman–Crippen LogP) is 3.31. The molecule has 26 heavy (non-hydrogen) atoms. The van der Waals surface area contributed by atoms with Crippen molar-refractivity contribution in [2.45, 2.75) is 5.75 Å². The molecule has 2 aromatic heterocycles. The van der Waals surface area contributed by atoms with Crippen LogP contribution in [-0.4, -0.2) is 23.3 Å². The van der Waals surface area contributed by atoms with Crippen molar-refractivity contribution in [1.82, 2.24) is 8.96 Å². The number of aromatic nitrogens is 2. The molecule has 0 aliphatic carbocycles. The molecule has 6 nitrogen and oxygen atoms in total. The molecule has 1 N–H and O–H groups in total. The van der Waals surface area contributed by atoms with Crippen LogP contribution in [0, 0.1) is 5.82 Å². The van der Waals surface area contributed by atoms with E-state index in [0.29, 0.717) is 5.69 Å². The summed E-state index contributed by atoms with van der Waals surface area (Å²) in [6.07, 6.45) is 4.06. The van der Waals surface area contributed by atoms with Gasteiger partial charge in [-0.05, 0) is 35.9 Å². The smallest absolute Gasteiger partial charge is 0.274 e. The van der Waals surface area contributed by atoms with Crippen LogP contribution in [0.1, 0.15) is 16.1 Å². The average molecular weight is 394 g/mol. The number of carbonyl (C=O) groups is 1. The zero-order chi connectivity index (χ0) is 18.7. The second-order valence-electron chi connectivity index (χ2n) is 5.39. The summed E-state index contributed by atoms with van der Waals surface area (Å²) in [6.45, 7) is 0. The van der Waals surface area contributed by atoms with E-state index in [1.165, 1.54) is 30.7 Å². The maximum absolute atomic E-state index is 13.1. The molecule has 1 aromatic carbocycles. The van der Waals surface area contributed by atoms with Crippen LogP contribution >= 0.6 is 11.6 Å². The number of benzene rings is 1. The standard InChI is InChI=1S/C17H13ClFN3O3S/c18-15-9-13(19)5-4-12(15)11-26(24,25)22-8-6-14(10-22)21-17(23)16-3-1-2-7-20-16/h1-10H,11H2,(H,21,23). The first-order valence-electron chi connectivity index (χ1n) is 7.43. The van der Waals surface area contributed by atoms with Crippen LogP contribution in [-0.2, 0) is 15.8 Å². The highest BCUT2D eigenvalue weighted by atomic mass is 35.5. The summed E-state index contributed by atoms with van der Waals surface area (Å²) in [5.41, 5.74) is 0.788. The molecule has 0 saturated carbocycles. The highest BCUT2D eigenvalue weighted by molar-refractivity contribution is 7.89. The Balaban J connectivity index is 1.77. The van der Waals surface area contributed by atoms with Crippen LogP contribution in [0.5, 0.6) is 0 Å². The van der Waals surface area contributed by atoms with Gasteiger partial charge in [-0.3, -0.25) is 13.8 Å². The van der Waals surface area contributed by atoms with Gasteiger partial charge in [-0.15, -0.1) is 0 Å². The van der Waals surface area contributed by atoms with Crippen molar-refractivity contribution in [2.24, 2.45) is 0 Å². The summed E-state index contributed by atoms with van der Waals surface area (Å²) in [7, 11) is -3.79. The van der Waals surface area contributed by atoms with Crippen molar-refractivity contribution >= 4 is 33.2 Å². The first-order valence-corrected chi connectivity index (χ1v) is 9.41. The van der Waals surface area contributed by atoms with Gasteiger partial charge in [-0.1, -0.05) is 23.7 Å². The number of hydrogen-bond acceptors (Lipinski definition) is 4. The van der Waals surface area contributed by atoms with Crippen LogP contribution in [0.3, 0.4) is 0 Å².